The summed E-state index contributed by atoms with van der Waals surface area (Å²) in [6.07, 6.45) is 1.90. The van der Waals surface area contributed by atoms with Crippen LogP contribution < -0.4 is 0 Å². The Morgan fingerprint density at radius 2 is 2.00 bits per heavy atom. The molecular weight excluding hydrogens is 252 g/mol. The third-order valence-electron chi connectivity index (χ3n) is 3.51. The number of carbonyl (C=O) groups is 1. The molecule has 0 amide bonds. The van der Waals surface area contributed by atoms with E-state index < -0.39 is 23.6 Å². The molecule has 0 spiro atoms. The van der Waals surface area contributed by atoms with Gasteiger partial charge in [-0.15, -0.1) is 0 Å². The van der Waals surface area contributed by atoms with E-state index in [1.165, 1.54) is 18.2 Å². The van der Waals surface area contributed by atoms with E-state index in [1.54, 1.807) is 6.92 Å². The molecule has 1 aromatic rings. The van der Waals surface area contributed by atoms with Crippen LogP contribution in [0, 0.1) is 11.6 Å². The van der Waals surface area contributed by atoms with Gasteiger partial charge in [0.25, 0.3) is 0 Å². The molecule has 1 N–H and O–H groups in total. The first-order valence-electron chi connectivity index (χ1n) is 6.42. The van der Waals surface area contributed by atoms with E-state index in [9.17, 15) is 13.6 Å². The molecule has 1 aromatic carbocycles. The van der Waals surface area contributed by atoms with Crippen molar-refractivity contribution in [1.29, 1.82) is 0 Å². The smallest absolute Gasteiger partial charge is 0.304 e. The fourth-order valence-electron chi connectivity index (χ4n) is 2.40. The Morgan fingerprint density at radius 1 is 1.42 bits per heavy atom. The van der Waals surface area contributed by atoms with Crippen molar-refractivity contribution < 1.29 is 18.7 Å². The first-order valence-corrected chi connectivity index (χ1v) is 6.42. The van der Waals surface area contributed by atoms with Crippen molar-refractivity contribution in [3.8, 4) is 0 Å². The average molecular weight is 269 g/mol. The predicted octanol–water partition coefficient (Wildman–Crippen LogP) is 2.96. The molecule has 2 rings (SSSR count). The number of rotatable bonds is 6. The van der Waals surface area contributed by atoms with Gasteiger partial charge in [-0.1, -0.05) is 6.07 Å². The van der Waals surface area contributed by atoms with Crippen LogP contribution in [-0.4, -0.2) is 28.6 Å². The van der Waals surface area contributed by atoms with E-state index in [4.69, 9.17) is 5.11 Å². The second-order valence-corrected chi connectivity index (χ2v) is 4.92. The maximum absolute atomic E-state index is 13.8. The summed E-state index contributed by atoms with van der Waals surface area (Å²) in [4.78, 5) is 12.5. The molecule has 1 unspecified atom stereocenters. The van der Waals surface area contributed by atoms with Crippen LogP contribution in [0.25, 0.3) is 0 Å². The molecule has 0 radical (unpaired) electrons. The fraction of sp³-hybridized carbons (Fsp3) is 0.500. The summed E-state index contributed by atoms with van der Waals surface area (Å²) in [7, 11) is 0. The first kappa shape index (κ1) is 13.9. The lowest BCUT2D eigenvalue weighted by atomic mass is 10.0. The minimum Gasteiger partial charge on any atom is -0.481 e. The minimum atomic E-state index is -0.896. The standard InChI is InChI=1S/C14H17F2NO2/c1-9(14-11(15)3-2-4-12(14)16)17(10-5-6-10)8-7-13(18)19/h2-4,9-10H,5-8H2,1H3,(H,18,19). The summed E-state index contributed by atoms with van der Waals surface area (Å²) < 4.78 is 27.5. The van der Waals surface area contributed by atoms with Crippen LogP contribution in [-0.2, 0) is 4.79 Å². The predicted molar refractivity (Wildman–Crippen MR) is 66.8 cm³/mol. The zero-order valence-electron chi connectivity index (χ0n) is 10.8. The van der Waals surface area contributed by atoms with Gasteiger partial charge in [0.05, 0.1) is 6.42 Å². The Kier molecular flexibility index (Phi) is 4.14. The molecule has 19 heavy (non-hydrogen) atoms. The van der Waals surface area contributed by atoms with Crippen LogP contribution in [0.15, 0.2) is 18.2 Å². The van der Waals surface area contributed by atoms with Gasteiger partial charge in [-0.3, -0.25) is 9.69 Å². The van der Waals surface area contributed by atoms with Crippen molar-refractivity contribution in [1.82, 2.24) is 4.90 Å². The summed E-state index contributed by atoms with van der Waals surface area (Å²) in [6.45, 7) is 2.04. The molecular formula is C14H17F2NO2. The molecule has 1 aliphatic rings. The zero-order chi connectivity index (χ0) is 14.0. The maximum Gasteiger partial charge on any atom is 0.304 e. The van der Waals surface area contributed by atoms with Crippen molar-refractivity contribution in [3.05, 3.63) is 35.4 Å². The lowest BCUT2D eigenvalue weighted by Crippen LogP contribution is -2.32. The highest BCUT2D eigenvalue weighted by Gasteiger charge is 2.34. The molecule has 0 aliphatic heterocycles. The van der Waals surface area contributed by atoms with Crippen LogP contribution in [0.1, 0.15) is 37.8 Å². The Hall–Kier alpha value is -1.49. The third kappa shape index (κ3) is 3.29. The largest absolute Gasteiger partial charge is 0.481 e. The summed E-state index contributed by atoms with van der Waals surface area (Å²) >= 11 is 0. The summed E-state index contributed by atoms with van der Waals surface area (Å²) in [5.41, 5.74) is 0.0276. The van der Waals surface area contributed by atoms with E-state index in [2.05, 4.69) is 0 Å². The van der Waals surface area contributed by atoms with Gasteiger partial charge in [-0.05, 0) is 31.9 Å². The van der Waals surface area contributed by atoms with Gasteiger partial charge in [-0.2, -0.15) is 0 Å². The number of carboxylic acids is 1. The van der Waals surface area contributed by atoms with Crippen molar-refractivity contribution in [2.75, 3.05) is 6.54 Å². The van der Waals surface area contributed by atoms with Crippen LogP contribution in [0.4, 0.5) is 8.78 Å². The Morgan fingerprint density at radius 3 is 2.47 bits per heavy atom. The van der Waals surface area contributed by atoms with Crippen molar-refractivity contribution in [3.63, 3.8) is 0 Å². The molecule has 0 bridgehead atoms. The highest BCUT2D eigenvalue weighted by Crippen LogP contribution is 2.35. The molecule has 1 fully saturated rings. The van der Waals surface area contributed by atoms with Gasteiger partial charge >= 0.3 is 5.97 Å². The highest BCUT2D eigenvalue weighted by molar-refractivity contribution is 5.66. The van der Waals surface area contributed by atoms with E-state index >= 15 is 0 Å². The number of benzene rings is 1. The van der Waals surface area contributed by atoms with Crippen LogP contribution in [0.3, 0.4) is 0 Å². The molecule has 1 atom stereocenters. The van der Waals surface area contributed by atoms with Crippen LogP contribution >= 0.6 is 0 Å². The van der Waals surface area contributed by atoms with Gasteiger partial charge in [0, 0.05) is 24.2 Å². The van der Waals surface area contributed by atoms with Gasteiger partial charge in [0.1, 0.15) is 11.6 Å². The summed E-state index contributed by atoms with van der Waals surface area (Å²) in [5.74, 6) is -2.05. The highest BCUT2D eigenvalue weighted by atomic mass is 19.1. The second-order valence-electron chi connectivity index (χ2n) is 4.92. The molecule has 0 heterocycles. The minimum absolute atomic E-state index is 0.0170. The SMILES string of the molecule is CC(c1c(F)cccc1F)N(CCC(=O)O)C1CC1. The van der Waals surface area contributed by atoms with Crippen molar-refractivity contribution in [2.24, 2.45) is 0 Å². The number of aliphatic carboxylic acids is 1. The molecule has 0 saturated heterocycles. The van der Waals surface area contributed by atoms with E-state index in [1.807, 2.05) is 4.90 Å². The molecule has 3 nitrogen and oxygen atoms in total. The zero-order valence-corrected chi connectivity index (χ0v) is 10.8. The maximum atomic E-state index is 13.8. The number of carboxylic acid groups (broad SMARTS) is 1. The van der Waals surface area contributed by atoms with Crippen molar-refractivity contribution in [2.45, 2.75) is 38.3 Å². The molecule has 1 saturated carbocycles. The van der Waals surface area contributed by atoms with Gasteiger partial charge in [-0.25, -0.2) is 8.78 Å². The average Bonchev–Trinajstić information content (AvgIpc) is 3.13. The number of hydrogen-bond donors (Lipinski definition) is 1. The normalized spacial score (nSPS) is 16.6. The van der Waals surface area contributed by atoms with E-state index in [0.29, 0.717) is 6.54 Å². The Bertz CT molecular complexity index is 454. The lowest BCUT2D eigenvalue weighted by molar-refractivity contribution is -0.137. The van der Waals surface area contributed by atoms with Gasteiger partial charge in [0.2, 0.25) is 0 Å². The Labute approximate surface area is 110 Å². The Balaban J connectivity index is 2.19. The van der Waals surface area contributed by atoms with Gasteiger partial charge in [0.15, 0.2) is 0 Å². The molecule has 1 aliphatic carbocycles. The molecule has 0 aromatic heterocycles. The quantitative estimate of drug-likeness (QED) is 0.863. The fourth-order valence-corrected chi connectivity index (χ4v) is 2.40. The van der Waals surface area contributed by atoms with Crippen LogP contribution in [0.2, 0.25) is 0 Å². The number of halogens is 2. The number of nitrogens with zero attached hydrogens (tertiary/aromatic N) is 1. The monoisotopic (exact) mass is 269 g/mol. The van der Waals surface area contributed by atoms with Gasteiger partial charge < -0.3 is 5.11 Å². The summed E-state index contributed by atoms with van der Waals surface area (Å²) in [6, 6.07) is 3.59. The second kappa shape index (κ2) is 5.65. The van der Waals surface area contributed by atoms with Crippen LogP contribution in [0.5, 0.6) is 0 Å². The summed E-state index contributed by atoms with van der Waals surface area (Å²) in [5, 5.41) is 8.75. The molecule has 104 valence electrons. The third-order valence-corrected chi connectivity index (χ3v) is 3.51. The molecule has 5 heteroatoms. The topological polar surface area (TPSA) is 40.5 Å². The lowest BCUT2D eigenvalue weighted by Gasteiger charge is -2.29. The van der Waals surface area contributed by atoms with E-state index in [-0.39, 0.29) is 18.0 Å². The van der Waals surface area contributed by atoms with Crippen molar-refractivity contribution >= 4 is 5.97 Å². The number of hydrogen-bond acceptors (Lipinski definition) is 2. The first-order chi connectivity index (χ1) is 9.00. The van der Waals surface area contributed by atoms with E-state index in [0.717, 1.165) is 12.8 Å².